The predicted molar refractivity (Wildman–Crippen MR) is 64.4 cm³/mol. The van der Waals surface area contributed by atoms with Gasteiger partial charge in [-0.3, -0.25) is 0 Å². The van der Waals surface area contributed by atoms with E-state index in [-0.39, 0.29) is 5.75 Å². The molecule has 6 heteroatoms. The van der Waals surface area contributed by atoms with Gasteiger partial charge in [-0.25, -0.2) is 0 Å². The first-order valence-electron chi connectivity index (χ1n) is 5.61. The van der Waals surface area contributed by atoms with Crippen LogP contribution in [0.1, 0.15) is 11.5 Å². The number of aromatic nitrogens is 2. The van der Waals surface area contributed by atoms with Crippen molar-refractivity contribution in [2.24, 2.45) is 0 Å². The van der Waals surface area contributed by atoms with Crippen LogP contribution in [0.2, 0.25) is 0 Å². The third-order valence-corrected chi connectivity index (χ3v) is 2.53. The van der Waals surface area contributed by atoms with Crippen molar-refractivity contribution in [2.45, 2.75) is 13.0 Å². The summed E-state index contributed by atoms with van der Waals surface area (Å²) in [6, 6.07) is 5.23. The lowest BCUT2D eigenvalue weighted by Crippen LogP contribution is -2.16. The second kappa shape index (κ2) is 6.02. The van der Waals surface area contributed by atoms with E-state index in [1.54, 1.807) is 13.2 Å². The SMILES string of the molecule is COc1ccc(CNCCc2ncno2)c(O)c1. The summed E-state index contributed by atoms with van der Waals surface area (Å²) in [5.74, 6) is 1.46. The molecular weight excluding hydrogens is 234 g/mol. The van der Waals surface area contributed by atoms with Gasteiger partial charge in [-0.15, -0.1) is 0 Å². The largest absolute Gasteiger partial charge is 0.507 e. The van der Waals surface area contributed by atoms with Gasteiger partial charge in [-0.05, 0) is 6.07 Å². The number of nitrogens with one attached hydrogen (secondary N) is 1. The van der Waals surface area contributed by atoms with Gasteiger partial charge in [0.05, 0.1) is 7.11 Å². The van der Waals surface area contributed by atoms with Gasteiger partial charge in [-0.2, -0.15) is 4.98 Å². The lowest BCUT2D eigenvalue weighted by Gasteiger charge is -2.07. The van der Waals surface area contributed by atoms with Crippen LogP contribution >= 0.6 is 0 Å². The standard InChI is InChI=1S/C12H15N3O3/c1-17-10-3-2-9(11(16)6-10)7-13-5-4-12-14-8-15-18-12/h2-3,6,8,13,16H,4-5,7H2,1H3. The summed E-state index contributed by atoms with van der Waals surface area (Å²) in [4.78, 5) is 3.92. The molecule has 0 saturated heterocycles. The lowest BCUT2D eigenvalue weighted by molar-refractivity contribution is 0.374. The maximum atomic E-state index is 9.74. The van der Waals surface area contributed by atoms with Crippen LogP contribution in [-0.4, -0.2) is 28.9 Å². The Morgan fingerprint density at radius 1 is 1.44 bits per heavy atom. The van der Waals surface area contributed by atoms with Crippen LogP contribution in [0, 0.1) is 0 Å². The molecule has 2 aromatic rings. The Morgan fingerprint density at radius 3 is 3.00 bits per heavy atom. The minimum absolute atomic E-state index is 0.222. The lowest BCUT2D eigenvalue weighted by atomic mass is 10.2. The molecule has 0 spiro atoms. The van der Waals surface area contributed by atoms with Crippen molar-refractivity contribution in [3.8, 4) is 11.5 Å². The van der Waals surface area contributed by atoms with Crippen molar-refractivity contribution in [3.05, 3.63) is 36.0 Å². The molecule has 0 radical (unpaired) electrons. The van der Waals surface area contributed by atoms with Crippen LogP contribution in [0.25, 0.3) is 0 Å². The van der Waals surface area contributed by atoms with Crippen LogP contribution < -0.4 is 10.1 Å². The predicted octanol–water partition coefficient (Wildman–Crippen LogP) is 1.12. The summed E-state index contributed by atoms with van der Waals surface area (Å²) in [5, 5.41) is 16.5. The molecule has 18 heavy (non-hydrogen) atoms. The first-order valence-corrected chi connectivity index (χ1v) is 5.61. The molecule has 1 heterocycles. The highest BCUT2D eigenvalue weighted by atomic mass is 16.5. The molecular formula is C12H15N3O3. The van der Waals surface area contributed by atoms with Crippen molar-refractivity contribution >= 4 is 0 Å². The fourth-order valence-corrected chi connectivity index (χ4v) is 1.54. The summed E-state index contributed by atoms with van der Waals surface area (Å²) < 4.78 is 9.89. The second-order valence-electron chi connectivity index (χ2n) is 3.76. The maximum absolute atomic E-state index is 9.74. The van der Waals surface area contributed by atoms with Gasteiger partial charge in [0.25, 0.3) is 0 Å². The van der Waals surface area contributed by atoms with Gasteiger partial charge >= 0.3 is 0 Å². The van der Waals surface area contributed by atoms with Crippen molar-refractivity contribution in [1.29, 1.82) is 0 Å². The van der Waals surface area contributed by atoms with Gasteiger partial charge in [0.2, 0.25) is 5.89 Å². The van der Waals surface area contributed by atoms with Crippen LogP contribution in [0.15, 0.2) is 29.0 Å². The van der Waals surface area contributed by atoms with E-state index in [4.69, 9.17) is 9.26 Å². The van der Waals surface area contributed by atoms with E-state index in [2.05, 4.69) is 15.5 Å². The molecule has 0 aliphatic rings. The Kier molecular flexibility index (Phi) is 4.14. The van der Waals surface area contributed by atoms with E-state index in [1.807, 2.05) is 12.1 Å². The average molecular weight is 249 g/mol. The quantitative estimate of drug-likeness (QED) is 0.747. The molecule has 0 amide bonds. The number of ether oxygens (including phenoxy) is 1. The van der Waals surface area contributed by atoms with Crippen LogP contribution in [-0.2, 0) is 13.0 Å². The van der Waals surface area contributed by atoms with E-state index in [0.29, 0.717) is 31.2 Å². The van der Waals surface area contributed by atoms with Crippen molar-refractivity contribution in [2.75, 3.05) is 13.7 Å². The second-order valence-corrected chi connectivity index (χ2v) is 3.76. The first-order chi connectivity index (χ1) is 8.79. The highest BCUT2D eigenvalue weighted by molar-refractivity contribution is 5.39. The van der Waals surface area contributed by atoms with E-state index in [9.17, 15) is 5.11 Å². The summed E-state index contributed by atoms with van der Waals surface area (Å²) in [6.45, 7) is 1.28. The Balaban J connectivity index is 1.79. The number of phenolic OH excluding ortho intramolecular Hbond substituents is 1. The molecule has 0 unspecified atom stereocenters. The number of aromatic hydroxyl groups is 1. The number of rotatable bonds is 6. The molecule has 6 nitrogen and oxygen atoms in total. The van der Waals surface area contributed by atoms with E-state index in [0.717, 1.165) is 5.56 Å². The molecule has 1 aromatic carbocycles. The normalized spacial score (nSPS) is 10.5. The third-order valence-electron chi connectivity index (χ3n) is 2.53. The van der Waals surface area contributed by atoms with E-state index >= 15 is 0 Å². The van der Waals surface area contributed by atoms with E-state index in [1.165, 1.54) is 6.33 Å². The molecule has 0 bridgehead atoms. The van der Waals surface area contributed by atoms with Crippen molar-refractivity contribution in [3.63, 3.8) is 0 Å². The molecule has 0 fully saturated rings. The highest BCUT2D eigenvalue weighted by Crippen LogP contribution is 2.22. The average Bonchev–Trinajstić information content (AvgIpc) is 2.89. The van der Waals surface area contributed by atoms with Crippen LogP contribution in [0.4, 0.5) is 0 Å². The highest BCUT2D eigenvalue weighted by Gasteiger charge is 2.03. The molecule has 2 rings (SSSR count). The Morgan fingerprint density at radius 2 is 2.33 bits per heavy atom. The van der Waals surface area contributed by atoms with Gasteiger partial charge in [-0.1, -0.05) is 11.2 Å². The molecule has 0 saturated carbocycles. The fourth-order valence-electron chi connectivity index (χ4n) is 1.54. The molecule has 0 atom stereocenters. The third kappa shape index (κ3) is 3.21. The molecule has 96 valence electrons. The topological polar surface area (TPSA) is 80.4 Å². The van der Waals surface area contributed by atoms with Gasteiger partial charge in [0.15, 0.2) is 6.33 Å². The summed E-state index contributed by atoms with van der Waals surface area (Å²) in [6.07, 6.45) is 2.04. The number of methoxy groups -OCH3 is 1. The van der Waals surface area contributed by atoms with Crippen molar-refractivity contribution < 1.29 is 14.4 Å². The van der Waals surface area contributed by atoms with Gasteiger partial charge < -0.3 is 19.7 Å². The zero-order chi connectivity index (χ0) is 12.8. The number of hydrogen-bond acceptors (Lipinski definition) is 6. The van der Waals surface area contributed by atoms with Crippen molar-refractivity contribution in [1.82, 2.24) is 15.5 Å². The van der Waals surface area contributed by atoms with Gasteiger partial charge in [0.1, 0.15) is 11.5 Å². The molecule has 1 aromatic heterocycles. The number of phenols is 1. The first kappa shape index (κ1) is 12.4. The Labute approximate surface area is 105 Å². The van der Waals surface area contributed by atoms with Crippen LogP contribution in [0.3, 0.4) is 0 Å². The molecule has 2 N–H and O–H groups in total. The fraction of sp³-hybridized carbons (Fsp3) is 0.333. The molecule has 0 aliphatic heterocycles. The van der Waals surface area contributed by atoms with Crippen LogP contribution in [0.5, 0.6) is 11.5 Å². The van der Waals surface area contributed by atoms with Gasteiger partial charge in [0, 0.05) is 31.1 Å². The number of hydrogen-bond donors (Lipinski definition) is 2. The number of nitrogens with zero attached hydrogens (tertiary/aromatic N) is 2. The smallest absolute Gasteiger partial charge is 0.227 e. The summed E-state index contributed by atoms with van der Waals surface area (Å²) in [5.41, 5.74) is 0.821. The monoisotopic (exact) mass is 249 g/mol. The van der Waals surface area contributed by atoms with E-state index < -0.39 is 0 Å². The molecule has 0 aliphatic carbocycles. The zero-order valence-electron chi connectivity index (χ0n) is 10.1. The Bertz CT molecular complexity index is 485. The summed E-state index contributed by atoms with van der Waals surface area (Å²) in [7, 11) is 1.57. The summed E-state index contributed by atoms with van der Waals surface area (Å²) >= 11 is 0. The minimum Gasteiger partial charge on any atom is -0.507 e. The minimum atomic E-state index is 0.222. The Hall–Kier alpha value is -2.08. The maximum Gasteiger partial charge on any atom is 0.227 e. The zero-order valence-corrected chi connectivity index (χ0v) is 10.1. The number of benzene rings is 1.